The molecule has 1 atom stereocenters. The molecular formula is C23H23N3O5. The Morgan fingerprint density at radius 1 is 1.19 bits per heavy atom. The number of pyridine rings is 1. The molecule has 8 heteroatoms. The van der Waals surface area contributed by atoms with Gasteiger partial charge >= 0.3 is 0 Å². The molecule has 0 saturated carbocycles. The van der Waals surface area contributed by atoms with Crippen molar-refractivity contribution in [3.8, 4) is 5.75 Å². The van der Waals surface area contributed by atoms with Gasteiger partial charge in [-0.25, -0.2) is 4.98 Å². The molecule has 1 amide bonds. The molecule has 160 valence electrons. The number of aryl methyl sites for hydroxylation is 2. The molecule has 1 fully saturated rings. The number of aliphatic hydroxyl groups is 1. The summed E-state index contributed by atoms with van der Waals surface area (Å²) >= 11 is 0. The minimum absolute atomic E-state index is 0.00522. The number of hydrogen-bond donors (Lipinski definition) is 2. The number of ketones is 1. The van der Waals surface area contributed by atoms with E-state index in [9.17, 15) is 19.8 Å². The van der Waals surface area contributed by atoms with Crippen molar-refractivity contribution < 1.29 is 24.5 Å². The first kappa shape index (κ1) is 20.6. The SMILES string of the molecule is COCCN1C(=O)C(=O)C(=C(O)c2nc3c(C)cccn3c2C)C1c1cccc(O)c1. The predicted molar refractivity (Wildman–Crippen MR) is 114 cm³/mol. The van der Waals surface area contributed by atoms with Crippen LogP contribution in [0.2, 0.25) is 0 Å². The fraction of sp³-hybridized carbons (Fsp3) is 0.261. The smallest absolute Gasteiger partial charge is 0.295 e. The minimum atomic E-state index is -0.868. The van der Waals surface area contributed by atoms with Crippen LogP contribution in [0.25, 0.3) is 11.4 Å². The molecule has 3 aromatic rings. The molecule has 0 radical (unpaired) electrons. The van der Waals surface area contributed by atoms with Gasteiger partial charge in [0.2, 0.25) is 0 Å². The summed E-state index contributed by atoms with van der Waals surface area (Å²) in [4.78, 5) is 31.7. The Hall–Kier alpha value is -3.65. The third-order valence-electron chi connectivity index (χ3n) is 5.57. The van der Waals surface area contributed by atoms with Gasteiger partial charge in [-0.3, -0.25) is 9.59 Å². The highest BCUT2D eigenvalue weighted by Crippen LogP contribution is 2.40. The highest BCUT2D eigenvalue weighted by Gasteiger charge is 2.46. The van der Waals surface area contributed by atoms with Crippen LogP contribution in [-0.4, -0.2) is 56.4 Å². The number of benzene rings is 1. The molecule has 1 aromatic carbocycles. The maximum atomic E-state index is 13.0. The number of aromatic nitrogens is 2. The number of phenolic OH excluding ortho intramolecular Hbond substituents is 1. The number of ether oxygens (including phenoxy) is 1. The van der Waals surface area contributed by atoms with E-state index < -0.39 is 17.7 Å². The third kappa shape index (κ3) is 3.34. The van der Waals surface area contributed by atoms with Crippen LogP contribution in [0.3, 0.4) is 0 Å². The molecule has 4 rings (SSSR count). The predicted octanol–water partition coefficient (Wildman–Crippen LogP) is 2.72. The van der Waals surface area contributed by atoms with Crippen molar-refractivity contribution in [3.63, 3.8) is 0 Å². The van der Waals surface area contributed by atoms with Crippen LogP contribution in [0.4, 0.5) is 0 Å². The molecular weight excluding hydrogens is 398 g/mol. The van der Waals surface area contributed by atoms with Crippen molar-refractivity contribution in [3.05, 3.63) is 70.7 Å². The maximum Gasteiger partial charge on any atom is 0.295 e. The Morgan fingerprint density at radius 2 is 1.97 bits per heavy atom. The van der Waals surface area contributed by atoms with E-state index in [-0.39, 0.29) is 35.9 Å². The Labute approximate surface area is 179 Å². The lowest BCUT2D eigenvalue weighted by molar-refractivity contribution is -0.140. The molecule has 0 spiro atoms. The number of carbonyl (C=O) groups is 2. The molecule has 2 aromatic heterocycles. The monoisotopic (exact) mass is 421 g/mol. The average Bonchev–Trinajstić information content (AvgIpc) is 3.22. The van der Waals surface area contributed by atoms with Crippen LogP contribution >= 0.6 is 0 Å². The number of rotatable bonds is 5. The largest absolute Gasteiger partial charge is 0.508 e. The quantitative estimate of drug-likeness (QED) is 0.373. The normalized spacial score (nSPS) is 18.3. The van der Waals surface area contributed by atoms with E-state index in [4.69, 9.17) is 4.74 Å². The van der Waals surface area contributed by atoms with E-state index in [0.717, 1.165) is 5.56 Å². The van der Waals surface area contributed by atoms with Gasteiger partial charge in [0, 0.05) is 19.9 Å². The zero-order valence-electron chi connectivity index (χ0n) is 17.5. The number of aromatic hydroxyl groups is 1. The molecule has 1 saturated heterocycles. The van der Waals surface area contributed by atoms with Gasteiger partial charge in [-0.2, -0.15) is 0 Å². The van der Waals surface area contributed by atoms with Gasteiger partial charge in [0.25, 0.3) is 11.7 Å². The fourth-order valence-corrected chi connectivity index (χ4v) is 4.02. The number of nitrogens with zero attached hydrogens (tertiary/aromatic N) is 3. The van der Waals surface area contributed by atoms with Crippen LogP contribution in [0, 0.1) is 13.8 Å². The van der Waals surface area contributed by atoms with E-state index in [1.165, 1.54) is 24.1 Å². The Kier molecular flexibility index (Phi) is 5.24. The number of likely N-dealkylation sites (tertiary alicyclic amines) is 1. The summed E-state index contributed by atoms with van der Waals surface area (Å²) in [6, 6.07) is 9.21. The van der Waals surface area contributed by atoms with Crippen LogP contribution in [-0.2, 0) is 14.3 Å². The standard InChI is InChI=1S/C23H23N3O5/c1-13-6-5-9-25-14(2)18(24-22(13)25)20(28)17-19(15-7-4-8-16(27)12-15)26(10-11-31-3)23(30)21(17)29/h4-9,12,19,27-28H,10-11H2,1-3H3. The summed E-state index contributed by atoms with van der Waals surface area (Å²) in [5.74, 6) is -1.87. The zero-order valence-corrected chi connectivity index (χ0v) is 17.5. The first-order valence-electron chi connectivity index (χ1n) is 9.86. The number of phenols is 1. The zero-order chi connectivity index (χ0) is 22.3. The number of carbonyl (C=O) groups excluding carboxylic acids is 2. The van der Waals surface area contributed by atoms with Gasteiger partial charge in [-0.15, -0.1) is 0 Å². The highest BCUT2D eigenvalue weighted by molar-refractivity contribution is 6.46. The second kappa shape index (κ2) is 7.88. The van der Waals surface area contributed by atoms with Gasteiger partial charge in [0.1, 0.15) is 17.1 Å². The lowest BCUT2D eigenvalue weighted by Gasteiger charge is -2.25. The summed E-state index contributed by atoms with van der Waals surface area (Å²) in [7, 11) is 1.50. The number of methoxy groups -OCH3 is 1. The van der Waals surface area contributed by atoms with Crippen molar-refractivity contribution in [2.45, 2.75) is 19.9 Å². The first-order chi connectivity index (χ1) is 14.8. The molecule has 1 aliphatic rings. The summed E-state index contributed by atoms with van der Waals surface area (Å²) in [6.07, 6.45) is 1.82. The first-order valence-corrected chi connectivity index (χ1v) is 9.86. The van der Waals surface area contributed by atoms with Crippen LogP contribution in [0.1, 0.15) is 28.6 Å². The number of fused-ring (bicyclic) bond motifs is 1. The topological polar surface area (TPSA) is 104 Å². The van der Waals surface area contributed by atoms with Gasteiger partial charge in [0.05, 0.1) is 23.9 Å². The van der Waals surface area contributed by atoms with Crippen molar-refractivity contribution in [2.24, 2.45) is 0 Å². The number of amides is 1. The lowest BCUT2D eigenvalue weighted by Crippen LogP contribution is -2.32. The second-order valence-electron chi connectivity index (χ2n) is 7.51. The van der Waals surface area contributed by atoms with Gasteiger partial charge in [-0.1, -0.05) is 18.2 Å². The van der Waals surface area contributed by atoms with Crippen molar-refractivity contribution in [1.29, 1.82) is 0 Å². The average molecular weight is 421 g/mol. The third-order valence-corrected chi connectivity index (χ3v) is 5.57. The molecule has 0 bridgehead atoms. The van der Waals surface area contributed by atoms with Crippen LogP contribution in [0.15, 0.2) is 48.2 Å². The van der Waals surface area contributed by atoms with E-state index in [1.807, 2.05) is 29.7 Å². The molecule has 2 N–H and O–H groups in total. The Bertz CT molecular complexity index is 1230. The van der Waals surface area contributed by atoms with E-state index >= 15 is 0 Å². The molecule has 0 aliphatic carbocycles. The van der Waals surface area contributed by atoms with Gasteiger partial charge < -0.3 is 24.3 Å². The molecule has 1 aliphatic heterocycles. The fourth-order valence-electron chi connectivity index (χ4n) is 4.02. The second-order valence-corrected chi connectivity index (χ2v) is 7.51. The summed E-state index contributed by atoms with van der Waals surface area (Å²) in [6.45, 7) is 4.07. The van der Waals surface area contributed by atoms with Crippen molar-refractivity contribution >= 4 is 23.1 Å². The number of aliphatic hydroxyl groups excluding tert-OH is 1. The molecule has 3 heterocycles. The van der Waals surface area contributed by atoms with Crippen molar-refractivity contribution in [2.75, 3.05) is 20.3 Å². The Balaban J connectivity index is 1.94. The van der Waals surface area contributed by atoms with Gasteiger partial charge in [-0.05, 0) is 43.2 Å². The summed E-state index contributed by atoms with van der Waals surface area (Å²) in [5.41, 5.74) is 2.90. The number of hydrogen-bond acceptors (Lipinski definition) is 6. The number of Topliss-reactive ketones (excluding diaryl/α,β-unsaturated/α-hetero) is 1. The lowest BCUT2D eigenvalue weighted by atomic mass is 9.96. The number of imidazole rings is 1. The van der Waals surface area contributed by atoms with Crippen LogP contribution < -0.4 is 0 Å². The highest BCUT2D eigenvalue weighted by atomic mass is 16.5. The maximum absolute atomic E-state index is 13.0. The van der Waals surface area contributed by atoms with Crippen LogP contribution in [0.5, 0.6) is 5.75 Å². The van der Waals surface area contributed by atoms with Crippen molar-refractivity contribution in [1.82, 2.24) is 14.3 Å². The van der Waals surface area contributed by atoms with E-state index in [0.29, 0.717) is 16.9 Å². The molecule has 31 heavy (non-hydrogen) atoms. The molecule has 1 unspecified atom stereocenters. The summed E-state index contributed by atoms with van der Waals surface area (Å²) < 4.78 is 6.93. The Morgan fingerprint density at radius 3 is 2.65 bits per heavy atom. The van der Waals surface area contributed by atoms with E-state index in [1.54, 1.807) is 19.1 Å². The summed E-state index contributed by atoms with van der Waals surface area (Å²) in [5, 5.41) is 21.2. The van der Waals surface area contributed by atoms with Gasteiger partial charge in [0.15, 0.2) is 5.76 Å². The molecule has 8 nitrogen and oxygen atoms in total. The minimum Gasteiger partial charge on any atom is -0.508 e. The van der Waals surface area contributed by atoms with E-state index in [2.05, 4.69) is 4.98 Å².